The summed E-state index contributed by atoms with van der Waals surface area (Å²) in [6.45, 7) is 5.52. The van der Waals surface area contributed by atoms with Crippen molar-refractivity contribution in [3.8, 4) is 0 Å². The molecule has 1 fully saturated rings. The molecule has 1 aliphatic rings. The fourth-order valence-corrected chi connectivity index (χ4v) is 2.87. The Hall–Kier alpha value is -1.72. The minimum absolute atomic E-state index is 0.00583. The number of carbonyl (C=O) groups is 2. The highest BCUT2D eigenvalue weighted by Crippen LogP contribution is 2.28. The van der Waals surface area contributed by atoms with E-state index in [-0.39, 0.29) is 24.5 Å². The van der Waals surface area contributed by atoms with Crippen LogP contribution in [0.1, 0.15) is 45.2 Å². The number of nitrogens with zero attached hydrogens (tertiary/aromatic N) is 1. The molecule has 1 aliphatic heterocycles. The van der Waals surface area contributed by atoms with Crippen molar-refractivity contribution >= 4 is 12.2 Å². The predicted molar refractivity (Wildman–Crippen MR) is 86.8 cm³/mol. The van der Waals surface area contributed by atoms with E-state index in [9.17, 15) is 9.59 Å². The third kappa shape index (κ3) is 4.62. The van der Waals surface area contributed by atoms with E-state index in [4.69, 9.17) is 9.47 Å². The fraction of sp³-hybridized carbons (Fsp3) is 0.556. The lowest BCUT2D eigenvalue weighted by atomic mass is 10.0. The summed E-state index contributed by atoms with van der Waals surface area (Å²) >= 11 is 0. The zero-order valence-electron chi connectivity index (χ0n) is 14.2. The van der Waals surface area contributed by atoms with Gasteiger partial charge in [-0.25, -0.2) is 0 Å². The van der Waals surface area contributed by atoms with E-state index in [2.05, 4.69) is 0 Å². The fourth-order valence-electron chi connectivity index (χ4n) is 2.87. The van der Waals surface area contributed by atoms with Gasteiger partial charge in [0, 0.05) is 13.5 Å². The second-order valence-electron chi connectivity index (χ2n) is 6.46. The zero-order valence-corrected chi connectivity index (χ0v) is 14.2. The highest BCUT2D eigenvalue weighted by molar-refractivity contribution is 5.77. The van der Waals surface area contributed by atoms with Crippen molar-refractivity contribution in [2.45, 2.75) is 57.6 Å². The second-order valence-corrected chi connectivity index (χ2v) is 6.46. The summed E-state index contributed by atoms with van der Waals surface area (Å²) in [4.78, 5) is 25.3. The van der Waals surface area contributed by atoms with Crippen LogP contribution in [0.4, 0.5) is 0 Å². The van der Waals surface area contributed by atoms with Crippen molar-refractivity contribution in [2.24, 2.45) is 0 Å². The number of ether oxygens (including phenoxy) is 2. The SMILES string of the molecule is CC(c1ccccc1)N(C)C(=O)CC1CC(C=O)OC(C)(C)O1. The van der Waals surface area contributed by atoms with Gasteiger partial charge in [0.2, 0.25) is 5.91 Å². The molecule has 5 nitrogen and oxygen atoms in total. The Balaban J connectivity index is 1.99. The summed E-state index contributed by atoms with van der Waals surface area (Å²) in [5.41, 5.74) is 1.09. The Bertz CT molecular complexity index is 543. The number of carbonyl (C=O) groups excluding carboxylic acids is 2. The standard InChI is InChI=1S/C18H25NO4/c1-13(14-8-6-5-7-9-14)19(4)17(21)11-15-10-16(12-20)23-18(2,3)22-15/h5-9,12-13,15-16H,10-11H2,1-4H3. The zero-order chi connectivity index (χ0) is 17.0. The average molecular weight is 319 g/mol. The lowest BCUT2D eigenvalue weighted by molar-refractivity contribution is -0.290. The summed E-state index contributed by atoms with van der Waals surface area (Å²) in [6.07, 6.45) is 0.593. The van der Waals surface area contributed by atoms with E-state index < -0.39 is 11.9 Å². The largest absolute Gasteiger partial charge is 0.347 e. The molecule has 5 heteroatoms. The van der Waals surface area contributed by atoms with Crippen LogP contribution >= 0.6 is 0 Å². The Labute approximate surface area is 137 Å². The number of hydrogen-bond donors (Lipinski definition) is 0. The van der Waals surface area contributed by atoms with Gasteiger partial charge in [0.25, 0.3) is 0 Å². The monoisotopic (exact) mass is 319 g/mol. The van der Waals surface area contributed by atoms with Crippen molar-refractivity contribution < 1.29 is 19.1 Å². The van der Waals surface area contributed by atoms with Crippen molar-refractivity contribution in [1.29, 1.82) is 0 Å². The molecule has 1 aromatic rings. The van der Waals surface area contributed by atoms with Crippen LogP contribution in [0.3, 0.4) is 0 Å². The van der Waals surface area contributed by atoms with Gasteiger partial charge in [-0.2, -0.15) is 0 Å². The number of rotatable bonds is 5. The smallest absolute Gasteiger partial charge is 0.225 e. The maximum atomic E-state index is 12.5. The van der Waals surface area contributed by atoms with Gasteiger partial charge in [0.15, 0.2) is 5.79 Å². The third-order valence-electron chi connectivity index (χ3n) is 4.19. The van der Waals surface area contributed by atoms with E-state index in [0.717, 1.165) is 11.8 Å². The lowest BCUT2D eigenvalue weighted by Crippen LogP contribution is -2.46. The molecule has 2 rings (SSSR count). The van der Waals surface area contributed by atoms with Crippen molar-refractivity contribution in [3.63, 3.8) is 0 Å². The molecule has 1 saturated heterocycles. The van der Waals surface area contributed by atoms with Gasteiger partial charge in [-0.05, 0) is 26.3 Å². The Morgan fingerprint density at radius 1 is 1.35 bits per heavy atom. The molecular weight excluding hydrogens is 294 g/mol. The predicted octanol–water partition coefficient (Wildman–Crippen LogP) is 2.71. The molecule has 3 atom stereocenters. The summed E-state index contributed by atoms with van der Waals surface area (Å²) in [5.74, 6) is -0.855. The van der Waals surface area contributed by atoms with Crippen LogP contribution in [0.15, 0.2) is 30.3 Å². The van der Waals surface area contributed by atoms with Crippen molar-refractivity contribution in [1.82, 2.24) is 4.90 Å². The van der Waals surface area contributed by atoms with Crippen LogP contribution in [0, 0.1) is 0 Å². The first kappa shape index (κ1) is 17.6. The van der Waals surface area contributed by atoms with Crippen LogP contribution in [0.5, 0.6) is 0 Å². The molecule has 23 heavy (non-hydrogen) atoms. The first-order valence-electron chi connectivity index (χ1n) is 7.94. The minimum atomic E-state index is -0.849. The highest BCUT2D eigenvalue weighted by Gasteiger charge is 2.36. The summed E-state index contributed by atoms with van der Waals surface area (Å²) in [5, 5.41) is 0. The van der Waals surface area contributed by atoms with Gasteiger partial charge in [0.05, 0.1) is 18.6 Å². The summed E-state index contributed by atoms with van der Waals surface area (Å²) in [6, 6.07) is 9.87. The van der Waals surface area contributed by atoms with E-state index in [1.807, 2.05) is 37.3 Å². The molecule has 1 aromatic carbocycles. The normalized spacial score (nSPS) is 24.7. The molecule has 1 heterocycles. The van der Waals surface area contributed by atoms with E-state index in [1.165, 1.54) is 0 Å². The van der Waals surface area contributed by atoms with Gasteiger partial charge < -0.3 is 19.2 Å². The first-order valence-corrected chi connectivity index (χ1v) is 7.94. The molecule has 0 N–H and O–H groups in total. The Morgan fingerprint density at radius 2 is 2.00 bits per heavy atom. The van der Waals surface area contributed by atoms with Crippen molar-refractivity contribution in [2.75, 3.05) is 7.05 Å². The minimum Gasteiger partial charge on any atom is -0.347 e. The maximum Gasteiger partial charge on any atom is 0.225 e. The molecule has 0 radical (unpaired) electrons. The van der Waals surface area contributed by atoms with Crippen LogP contribution in [0.25, 0.3) is 0 Å². The van der Waals surface area contributed by atoms with Gasteiger partial charge in [0.1, 0.15) is 12.4 Å². The van der Waals surface area contributed by atoms with Crippen LogP contribution in [0.2, 0.25) is 0 Å². The molecule has 0 aromatic heterocycles. The maximum absolute atomic E-state index is 12.5. The van der Waals surface area contributed by atoms with Crippen molar-refractivity contribution in [3.05, 3.63) is 35.9 Å². The Morgan fingerprint density at radius 3 is 2.61 bits per heavy atom. The molecule has 3 unspecified atom stereocenters. The van der Waals surface area contributed by atoms with Crippen LogP contribution in [-0.2, 0) is 19.1 Å². The van der Waals surface area contributed by atoms with Crippen LogP contribution in [-0.4, -0.2) is 42.1 Å². The summed E-state index contributed by atoms with van der Waals surface area (Å²) in [7, 11) is 1.79. The average Bonchev–Trinajstić information content (AvgIpc) is 2.52. The third-order valence-corrected chi connectivity index (χ3v) is 4.19. The molecule has 0 aliphatic carbocycles. The summed E-state index contributed by atoms with van der Waals surface area (Å²) < 4.78 is 11.3. The van der Waals surface area contributed by atoms with Gasteiger partial charge in [-0.1, -0.05) is 30.3 Å². The molecule has 0 saturated carbocycles. The molecular formula is C18H25NO4. The first-order chi connectivity index (χ1) is 10.8. The number of aldehydes is 1. The quantitative estimate of drug-likeness (QED) is 0.783. The second kappa shape index (κ2) is 7.23. The topological polar surface area (TPSA) is 55.8 Å². The molecule has 0 bridgehead atoms. The number of amides is 1. The Kier molecular flexibility index (Phi) is 5.55. The van der Waals surface area contributed by atoms with Crippen LogP contribution < -0.4 is 0 Å². The van der Waals surface area contributed by atoms with E-state index in [1.54, 1.807) is 25.8 Å². The number of benzene rings is 1. The van der Waals surface area contributed by atoms with E-state index >= 15 is 0 Å². The van der Waals surface area contributed by atoms with Gasteiger partial charge in [-0.3, -0.25) is 4.79 Å². The van der Waals surface area contributed by atoms with Gasteiger partial charge >= 0.3 is 0 Å². The lowest BCUT2D eigenvalue weighted by Gasteiger charge is -2.39. The van der Waals surface area contributed by atoms with E-state index in [0.29, 0.717) is 6.42 Å². The molecule has 126 valence electrons. The highest BCUT2D eigenvalue weighted by atomic mass is 16.7. The molecule has 0 spiro atoms. The number of hydrogen-bond acceptors (Lipinski definition) is 4. The molecule has 1 amide bonds. The van der Waals surface area contributed by atoms with Gasteiger partial charge in [-0.15, -0.1) is 0 Å².